The second-order valence-corrected chi connectivity index (χ2v) is 4.97. The number of nitrogens with zero attached hydrogens (tertiary/aromatic N) is 1. The molecule has 2 aliphatic rings. The summed E-state index contributed by atoms with van der Waals surface area (Å²) in [4.78, 5) is 2.73. The van der Waals surface area contributed by atoms with Gasteiger partial charge in [-0.1, -0.05) is 20.3 Å². The van der Waals surface area contributed by atoms with E-state index in [0.29, 0.717) is 5.54 Å². The van der Waals surface area contributed by atoms with Crippen molar-refractivity contribution in [3.63, 3.8) is 0 Å². The molecule has 0 aromatic heterocycles. The van der Waals surface area contributed by atoms with Gasteiger partial charge in [-0.05, 0) is 25.7 Å². The first-order valence-corrected chi connectivity index (χ1v) is 6.29. The third kappa shape index (κ3) is 1.82. The Balaban J connectivity index is 1.94. The molecule has 14 heavy (non-hydrogen) atoms. The molecule has 0 spiro atoms. The summed E-state index contributed by atoms with van der Waals surface area (Å²) in [7, 11) is 0. The van der Waals surface area contributed by atoms with Crippen LogP contribution >= 0.6 is 0 Å². The zero-order valence-electron chi connectivity index (χ0n) is 9.68. The summed E-state index contributed by atoms with van der Waals surface area (Å²) in [5.41, 5.74) is 0.424. The van der Waals surface area contributed by atoms with Crippen molar-refractivity contribution in [1.29, 1.82) is 0 Å². The van der Waals surface area contributed by atoms with Gasteiger partial charge in [-0.3, -0.25) is 4.90 Å². The lowest BCUT2D eigenvalue weighted by atomic mass is 9.85. The molecule has 0 radical (unpaired) electrons. The molecule has 2 nitrogen and oxygen atoms in total. The van der Waals surface area contributed by atoms with E-state index in [9.17, 15) is 0 Å². The van der Waals surface area contributed by atoms with Crippen LogP contribution in [0.3, 0.4) is 0 Å². The van der Waals surface area contributed by atoms with Crippen LogP contribution in [0.25, 0.3) is 0 Å². The van der Waals surface area contributed by atoms with Gasteiger partial charge in [-0.2, -0.15) is 0 Å². The van der Waals surface area contributed by atoms with Gasteiger partial charge in [0.15, 0.2) is 0 Å². The van der Waals surface area contributed by atoms with Gasteiger partial charge in [0.2, 0.25) is 0 Å². The molecule has 82 valence electrons. The third-order valence-electron chi connectivity index (χ3n) is 4.35. The van der Waals surface area contributed by atoms with Crippen LogP contribution in [0.4, 0.5) is 0 Å². The van der Waals surface area contributed by atoms with Crippen molar-refractivity contribution < 1.29 is 0 Å². The molecule has 0 unspecified atom stereocenters. The normalized spacial score (nSPS) is 28.7. The first-order valence-electron chi connectivity index (χ1n) is 6.29. The standard InChI is InChI=1S/C12H24N2/c1-3-12(4-2)10-14(9-8-13-12)11-6-5-7-11/h11,13H,3-10H2,1-2H3. The molecule has 0 bridgehead atoms. The Morgan fingerprint density at radius 1 is 1.29 bits per heavy atom. The van der Waals surface area contributed by atoms with Crippen LogP contribution in [-0.4, -0.2) is 36.1 Å². The minimum Gasteiger partial charge on any atom is -0.309 e. The Kier molecular flexibility index (Phi) is 3.13. The van der Waals surface area contributed by atoms with Gasteiger partial charge in [-0.25, -0.2) is 0 Å². The molecule has 1 heterocycles. The summed E-state index contributed by atoms with van der Waals surface area (Å²) in [5.74, 6) is 0. The molecule has 2 rings (SSSR count). The van der Waals surface area contributed by atoms with E-state index in [1.165, 1.54) is 51.7 Å². The minimum atomic E-state index is 0.424. The van der Waals surface area contributed by atoms with Crippen molar-refractivity contribution in [2.45, 2.75) is 57.5 Å². The molecule has 1 aliphatic carbocycles. The van der Waals surface area contributed by atoms with E-state index in [4.69, 9.17) is 0 Å². The summed E-state index contributed by atoms with van der Waals surface area (Å²) in [6.45, 7) is 8.39. The lowest BCUT2D eigenvalue weighted by molar-refractivity contribution is 0.0517. The van der Waals surface area contributed by atoms with Crippen LogP contribution in [0.5, 0.6) is 0 Å². The van der Waals surface area contributed by atoms with Gasteiger partial charge in [0.25, 0.3) is 0 Å². The molecule has 0 amide bonds. The molecule has 2 fully saturated rings. The molecule has 1 saturated heterocycles. The number of hydrogen-bond donors (Lipinski definition) is 1. The lowest BCUT2D eigenvalue weighted by Gasteiger charge is -2.48. The number of hydrogen-bond acceptors (Lipinski definition) is 2. The second-order valence-electron chi connectivity index (χ2n) is 4.97. The highest BCUT2D eigenvalue weighted by atomic mass is 15.2. The zero-order chi connectivity index (χ0) is 10.0. The molecule has 2 heteroatoms. The topological polar surface area (TPSA) is 15.3 Å². The first kappa shape index (κ1) is 10.4. The van der Waals surface area contributed by atoms with Crippen LogP contribution in [0.1, 0.15) is 46.0 Å². The lowest BCUT2D eigenvalue weighted by Crippen LogP contribution is -2.62. The van der Waals surface area contributed by atoms with Gasteiger partial charge < -0.3 is 5.32 Å². The molecule has 0 aromatic carbocycles. The number of rotatable bonds is 3. The van der Waals surface area contributed by atoms with E-state index in [2.05, 4.69) is 24.1 Å². The predicted molar refractivity (Wildman–Crippen MR) is 60.5 cm³/mol. The SMILES string of the molecule is CCC1(CC)CN(C2CCC2)CCN1. The summed E-state index contributed by atoms with van der Waals surface area (Å²) < 4.78 is 0. The summed E-state index contributed by atoms with van der Waals surface area (Å²) >= 11 is 0. The minimum absolute atomic E-state index is 0.424. The Hall–Kier alpha value is -0.0800. The Morgan fingerprint density at radius 2 is 2.00 bits per heavy atom. The van der Waals surface area contributed by atoms with E-state index < -0.39 is 0 Å². The van der Waals surface area contributed by atoms with E-state index >= 15 is 0 Å². The average Bonchev–Trinajstić information content (AvgIpc) is 2.15. The maximum Gasteiger partial charge on any atom is 0.0304 e. The van der Waals surface area contributed by atoms with Gasteiger partial charge in [0.1, 0.15) is 0 Å². The Morgan fingerprint density at radius 3 is 2.50 bits per heavy atom. The number of piperazine rings is 1. The van der Waals surface area contributed by atoms with Gasteiger partial charge >= 0.3 is 0 Å². The van der Waals surface area contributed by atoms with E-state index in [-0.39, 0.29) is 0 Å². The predicted octanol–water partition coefficient (Wildman–Crippen LogP) is 2.00. The van der Waals surface area contributed by atoms with E-state index in [1.54, 1.807) is 0 Å². The van der Waals surface area contributed by atoms with Crippen LogP contribution in [0.15, 0.2) is 0 Å². The highest BCUT2D eigenvalue weighted by Crippen LogP contribution is 2.29. The van der Waals surface area contributed by atoms with Crippen molar-refractivity contribution in [1.82, 2.24) is 10.2 Å². The fraction of sp³-hybridized carbons (Fsp3) is 1.00. The third-order valence-corrected chi connectivity index (χ3v) is 4.35. The van der Waals surface area contributed by atoms with Crippen LogP contribution in [-0.2, 0) is 0 Å². The zero-order valence-corrected chi connectivity index (χ0v) is 9.68. The second kappa shape index (κ2) is 4.19. The maximum atomic E-state index is 3.72. The summed E-state index contributed by atoms with van der Waals surface area (Å²) in [6.07, 6.45) is 6.90. The smallest absolute Gasteiger partial charge is 0.0304 e. The molecule has 0 atom stereocenters. The van der Waals surface area contributed by atoms with Crippen molar-refractivity contribution in [3.8, 4) is 0 Å². The van der Waals surface area contributed by atoms with E-state index in [1.807, 2.05) is 0 Å². The Bertz CT molecular complexity index is 183. The van der Waals surface area contributed by atoms with Gasteiger partial charge in [0, 0.05) is 31.2 Å². The molecular formula is C12H24N2. The fourth-order valence-corrected chi connectivity index (χ4v) is 2.78. The van der Waals surface area contributed by atoms with Crippen molar-refractivity contribution >= 4 is 0 Å². The highest BCUT2D eigenvalue weighted by molar-refractivity contribution is 4.96. The Labute approximate surface area is 88.1 Å². The average molecular weight is 196 g/mol. The summed E-state index contributed by atoms with van der Waals surface area (Å²) in [6, 6.07) is 0.926. The summed E-state index contributed by atoms with van der Waals surface area (Å²) in [5, 5.41) is 3.72. The van der Waals surface area contributed by atoms with Crippen LogP contribution < -0.4 is 5.32 Å². The molecule has 1 aliphatic heterocycles. The van der Waals surface area contributed by atoms with Crippen molar-refractivity contribution in [3.05, 3.63) is 0 Å². The van der Waals surface area contributed by atoms with Crippen LogP contribution in [0.2, 0.25) is 0 Å². The van der Waals surface area contributed by atoms with Gasteiger partial charge in [0.05, 0.1) is 0 Å². The highest BCUT2D eigenvalue weighted by Gasteiger charge is 2.36. The van der Waals surface area contributed by atoms with Crippen molar-refractivity contribution in [2.75, 3.05) is 19.6 Å². The van der Waals surface area contributed by atoms with Gasteiger partial charge in [-0.15, -0.1) is 0 Å². The fourth-order valence-electron chi connectivity index (χ4n) is 2.78. The monoisotopic (exact) mass is 196 g/mol. The quantitative estimate of drug-likeness (QED) is 0.743. The van der Waals surface area contributed by atoms with E-state index in [0.717, 1.165) is 6.04 Å². The maximum absolute atomic E-state index is 3.72. The van der Waals surface area contributed by atoms with Crippen LogP contribution in [0, 0.1) is 0 Å². The molecular weight excluding hydrogens is 172 g/mol. The molecule has 0 aromatic rings. The number of nitrogens with one attached hydrogen (secondary N) is 1. The van der Waals surface area contributed by atoms with Crippen molar-refractivity contribution in [2.24, 2.45) is 0 Å². The first-order chi connectivity index (χ1) is 6.79. The molecule has 1 N–H and O–H groups in total. The largest absolute Gasteiger partial charge is 0.309 e. The molecule has 1 saturated carbocycles.